The fraction of sp³-hybridized carbons (Fsp3) is 0.296. The normalized spacial score (nSPS) is 14.7. The molecule has 1 aliphatic rings. The van der Waals surface area contributed by atoms with E-state index in [1.165, 1.54) is 6.21 Å². The third-order valence-corrected chi connectivity index (χ3v) is 5.82. The Hall–Kier alpha value is -4.16. The molecule has 11 nitrogen and oxygen atoms in total. The second-order valence-corrected chi connectivity index (χ2v) is 9.03. The summed E-state index contributed by atoms with van der Waals surface area (Å²) in [6.45, 7) is 4.93. The Morgan fingerprint density at radius 2 is 1.77 bits per heavy atom. The van der Waals surface area contributed by atoms with Crippen LogP contribution >= 0.6 is 23.8 Å². The number of hydrazone groups is 1. The van der Waals surface area contributed by atoms with Gasteiger partial charge in [-0.15, -0.1) is 0 Å². The van der Waals surface area contributed by atoms with Crippen molar-refractivity contribution in [3.8, 4) is 11.5 Å². The Labute approximate surface area is 241 Å². The highest BCUT2D eigenvalue weighted by Crippen LogP contribution is 2.33. The third kappa shape index (κ3) is 8.42. The number of rotatable bonds is 12. The first-order valence-electron chi connectivity index (χ1n) is 12.3. The molecule has 40 heavy (non-hydrogen) atoms. The number of amides is 1. The van der Waals surface area contributed by atoms with Gasteiger partial charge >= 0.3 is 11.9 Å². The fourth-order valence-corrected chi connectivity index (χ4v) is 4.15. The van der Waals surface area contributed by atoms with Crippen molar-refractivity contribution in [1.82, 2.24) is 16.1 Å². The molecule has 13 heteroatoms. The molecule has 0 saturated carbocycles. The number of hydrogen-bond donors (Lipinski definition) is 3. The molecule has 1 atom stereocenters. The van der Waals surface area contributed by atoms with E-state index >= 15 is 0 Å². The third-order valence-electron chi connectivity index (χ3n) is 5.37. The van der Waals surface area contributed by atoms with E-state index in [4.69, 9.17) is 42.8 Å². The van der Waals surface area contributed by atoms with Gasteiger partial charge in [0, 0.05) is 21.8 Å². The monoisotopic (exact) mass is 588 g/mol. The van der Waals surface area contributed by atoms with Crippen LogP contribution in [0.25, 0.3) is 0 Å². The molecule has 0 fully saturated rings. The SMILES string of the molecule is CCOC(=O)COc1ccc(Cl)cc1C=NNC(=O)COc1ccccc1[C@@H]1NC(=S)NC(C)=C1C(=O)OCC. The number of nitrogens with one attached hydrogen (secondary N) is 3. The van der Waals surface area contributed by atoms with Gasteiger partial charge in [0.05, 0.1) is 31.0 Å². The van der Waals surface area contributed by atoms with E-state index < -0.39 is 23.9 Å². The highest BCUT2D eigenvalue weighted by Gasteiger charge is 2.32. The Balaban J connectivity index is 1.68. The molecule has 0 spiro atoms. The van der Waals surface area contributed by atoms with Crippen LogP contribution in [0, 0.1) is 0 Å². The first-order chi connectivity index (χ1) is 19.2. The number of esters is 2. The first-order valence-corrected chi connectivity index (χ1v) is 13.1. The molecule has 0 aliphatic carbocycles. The maximum atomic E-state index is 12.7. The maximum Gasteiger partial charge on any atom is 0.344 e. The van der Waals surface area contributed by atoms with Crippen LogP contribution in [0.1, 0.15) is 37.9 Å². The molecule has 3 N–H and O–H groups in total. The summed E-state index contributed by atoms with van der Waals surface area (Å²) < 4.78 is 21.3. The van der Waals surface area contributed by atoms with E-state index in [2.05, 4.69) is 21.2 Å². The van der Waals surface area contributed by atoms with Gasteiger partial charge in [0.1, 0.15) is 11.5 Å². The van der Waals surface area contributed by atoms with Crippen LogP contribution in [-0.4, -0.2) is 55.6 Å². The van der Waals surface area contributed by atoms with Crippen LogP contribution in [0.15, 0.2) is 58.8 Å². The summed E-state index contributed by atoms with van der Waals surface area (Å²) in [7, 11) is 0. The van der Waals surface area contributed by atoms with Crippen LogP contribution in [-0.2, 0) is 23.9 Å². The van der Waals surface area contributed by atoms with Gasteiger partial charge in [0.25, 0.3) is 5.91 Å². The quantitative estimate of drug-likeness (QED) is 0.147. The van der Waals surface area contributed by atoms with Gasteiger partial charge in [-0.1, -0.05) is 29.8 Å². The van der Waals surface area contributed by atoms with Gasteiger partial charge < -0.3 is 29.6 Å². The van der Waals surface area contributed by atoms with Gasteiger partial charge in [-0.3, -0.25) is 4.79 Å². The van der Waals surface area contributed by atoms with Crippen LogP contribution in [0.3, 0.4) is 0 Å². The Bertz CT molecular complexity index is 1330. The lowest BCUT2D eigenvalue weighted by Gasteiger charge is -2.30. The van der Waals surface area contributed by atoms with Gasteiger partial charge in [-0.05, 0) is 57.3 Å². The summed E-state index contributed by atoms with van der Waals surface area (Å²) in [6, 6.07) is 11.0. The molecular formula is C27H29ClN4O7S. The zero-order valence-corrected chi connectivity index (χ0v) is 23.7. The summed E-state index contributed by atoms with van der Waals surface area (Å²) >= 11 is 11.4. The molecule has 2 aromatic carbocycles. The molecule has 0 radical (unpaired) electrons. The summed E-state index contributed by atoms with van der Waals surface area (Å²) in [6.07, 6.45) is 1.33. The van der Waals surface area contributed by atoms with Crippen LogP contribution in [0.2, 0.25) is 5.02 Å². The number of para-hydroxylation sites is 1. The lowest BCUT2D eigenvalue weighted by atomic mass is 9.95. The maximum absolute atomic E-state index is 12.7. The summed E-state index contributed by atoms with van der Waals surface area (Å²) in [5, 5.41) is 10.7. The molecule has 2 aromatic rings. The fourth-order valence-electron chi connectivity index (χ4n) is 3.70. The number of ether oxygens (including phenoxy) is 4. The number of carbonyl (C=O) groups excluding carboxylic acids is 3. The molecular weight excluding hydrogens is 560 g/mol. The number of carbonyl (C=O) groups is 3. The Morgan fingerprint density at radius 3 is 2.52 bits per heavy atom. The van der Waals surface area contributed by atoms with E-state index in [0.29, 0.717) is 44.0 Å². The molecule has 0 aromatic heterocycles. The molecule has 1 aliphatic heterocycles. The van der Waals surface area contributed by atoms with Crippen molar-refractivity contribution < 1.29 is 33.3 Å². The largest absolute Gasteiger partial charge is 0.483 e. The molecule has 0 saturated heterocycles. The predicted molar refractivity (Wildman–Crippen MR) is 152 cm³/mol. The second kappa shape index (κ2) is 14.8. The molecule has 212 valence electrons. The number of thiocarbonyl (C=S) groups is 1. The standard InChI is InChI=1S/C27H29ClN4O7S/c1-4-36-23(34)15-39-20-11-10-18(28)12-17(20)13-29-32-22(33)14-38-21-9-7-6-8-19(21)25-24(26(35)37-5-2)16(3)30-27(40)31-25/h6-13,25H,4-5,14-15H2,1-3H3,(H,32,33)(H2,30,31,40)/t25-/m0/s1. The van der Waals surface area contributed by atoms with Gasteiger partial charge in [-0.25, -0.2) is 15.0 Å². The van der Waals surface area contributed by atoms with Crippen LogP contribution in [0.4, 0.5) is 0 Å². The molecule has 0 unspecified atom stereocenters. The van der Waals surface area contributed by atoms with Crippen molar-refractivity contribution in [3.05, 3.63) is 69.9 Å². The molecule has 0 bridgehead atoms. The summed E-state index contributed by atoms with van der Waals surface area (Å²) in [5.74, 6) is -0.876. The average molecular weight is 589 g/mol. The van der Waals surface area contributed by atoms with Crippen molar-refractivity contribution >= 4 is 53.0 Å². The van der Waals surface area contributed by atoms with E-state index in [0.717, 1.165) is 0 Å². The van der Waals surface area contributed by atoms with Crippen molar-refractivity contribution in [2.24, 2.45) is 5.10 Å². The van der Waals surface area contributed by atoms with Gasteiger partial charge in [0.15, 0.2) is 18.3 Å². The number of hydrogen-bond acceptors (Lipinski definition) is 9. The Morgan fingerprint density at radius 1 is 1.05 bits per heavy atom. The predicted octanol–water partition coefficient (Wildman–Crippen LogP) is 3.17. The Kier molecular flexibility index (Phi) is 11.3. The minimum Gasteiger partial charge on any atom is -0.483 e. The van der Waals surface area contributed by atoms with Crippen LogP contribution < -0.4 is 25.5 Å². The minimum atomic E-state index is -0.652. The zero-order chi connectivity index (χ0) is 29.1. The molecule has 1 heterocycles. The van der Waals surface area contributed by atoms with Crippen molar-refractivity contribution in [2.45, 2.75) is 26.8 Å². The lowest BCUT2D eigenvalue weighted by molar-refractivity contribution is -0.145. The molecule has 3 rings (SSSR count). The summed E-state index contributed by atoms with van der Waals surface area (Å²) in [4.78, 5) is 36.8. The van der Waals surface area contributed by atoms with E-state index in [1.54, 1.807) is 63.2 Å². The number of allylic oxidation sites excluding steroid dienone is 1. The number of halogens is 1. The number of nitrogens with zero attached hydrogens (tertiary/aromatic N) is 1. The number of benzene rings is 2. The second-order valence-electron chi connectivity index (χ2n) is 8.19. The molecule has 1 amide bonds. The van der Waals surface area contributed by atoms with Crippen molar-refractivity contribution in [3.63, 3.8) is 0 Å². The zero-order valence-electron chi connectivity index (χ0n) is 22.1. The van der Waals surface area contributed by atoms with Crippen molar-refractivity contribution in [1.29, 1.82) is 0 Å². The lowest BCUT2D eigenvalue weighted by Crippen LogP contribution is -2.45. The van der Waals surface area contributed by atoms with Gasteiger partial charge in [-0.2, -0.15) is 5.10 Å². The topological polar surface area (TPSA) is 137 Å². The van der Waals surface area contributed by atoms with Gasteiger partial charge in [0.2, 0.25) is 0 Å². The highest BCUT2D eigenvalue weighted by molar-refractivity contribution is 7.80. The first kappa shape index (κ1) is 30.4. The minimum absolute atomic E-state index is 0.208. The van der Waals surface area contributed by atoms with E-state index in [-0.39, 0.29) is 26.4 Å². The van der Waals surface area contributed by atoms with Crippen molar-refractivity contribution in [2.75, 3.05) is 26.4 Å². The van der Waals surface area contributed by atoms with E-state index in [9.17, 15) is 14.4 Å². The smallest absolute Gasteiger partial charge is 0.344 e. The van der Waals surface area contributed by atoms with E-state index in [1.807, 2.05) is 0 Å². The summed E-state index contributed by atoms with van der Waals surface area (Å²) in [5.41, 5.74) is 4.31. The average Bonchev–Trinajstić information content (AvgIpc) is 2.91. The highest BCUT2D eigenvalue weighted by atomic mass is 35.5. The van der Waals surface area contributed by atoms with Crippen LogP contribution in [0.5, 0.6) is 11.5 Å².